The highest BCUT2D eigenvalue weighted by Crippen LogP contribution is 2.23. The monoisotopic (exact) mass is 234 g/mol. The third-order valence-electron chi connectivity index (χ3n) is 2.18. The number of aliphatic hydroxyl groups is 1. The van der Waals surface area contributed by atoms with Crippen molar-refractivity contribution in [2.45, 2.75) is 20.3 Å². The van der Waals surface area contributed by atoms with E-state index in [0.717, 1.165) is 0 Å². The number of esters is 1. The number of carboxylic acids is 1. The number of aliphatic carboxylic acids is 1. The Labute approximate surface area is 94.2 Å². The zero-order valence-electron chi connectivity index (χ0n) is 9.56. The second-order valence-electron chi connectivity index (χ2n) is 3.44. The van der Waals surface area contributed by atoms with E-state index in [1.165, 1.54) is 6.92 Å². The van der Waals surface area contributed by atoms with Crippen LogP contribution in [0.1, 0.15) is 20.3 Å². The summed E-state index contributed by atoms with van der Waals surface area (Å²) in [6, 6.07) is 0. The Morgan fingerprint density at radius 1 is 1.31 bits per heavy atom. The number of ether oxygens (including phenoxy) is 2. The Bertz CT molecular complexity index is 239. The summed E-state index contributed by atoms with van der Waals surface area (Å²) < 4.78 is 9.64. The molecule has 0 fully saturated rings. The molecular weight excluding hydrogens is 216 g/mol. The molecule has 0 spiro atoms. The van der Waals surface area contributed by atoms with Crippen LogP contribution in [0.4, 0.5) is 0 Å². The van der Waals surface area contributed by atoms with Gasteiger partial charge >= 0.3 is 11.9 Å². The van der Waals surface area contributed by atoms with E-state index >= 15 is 0 Å². The van der Waals surface area contributed by atoms with Gasteiger partial charge in [0.2, 0.25) is 0 Å². The number of aliphatic hydroxyl groups excluding tert-OH is 1. The molecule has 0 aromatic heterocycles. The zero-order chi connectivity index (χ0) is 12.6. The molecule has 0 bridgehead atoms. The molecule has 16 heavy (non-hydrogen) atoms. The lowest BCUT2D eigenvalue weighted by Gasteiger charge is -2.22. The molecule has 0 saturated heterocycles. The third kappa shape index (κ3) is 4.16. The molecule has 0 aliphatic heterocycles. The Morgan fingerprint density at radius 2 is 1.94 bits per heavy atom. The molecule has 0 saturated carbocycles. The highest BCUT2D eigenvalue weighted by molar-refractivity contribution is 5.98. The van der Waals surface area contributed by atoms with Gasteiger partial charge in [0, 0.05) is 6.61 Å². The molecule has 0 aromatic carbocycles. The minimum atomic E-state index is -1.59. The molecular formula is C10H18O6. The van der Waals surface area contributed by atoms with E-state index in [1.807, 2.05) is 0 Å². The maximum Gasteiger partial charge on any atom is 0.323 e. The molecule has 0 amide bonds. The molecule has 0 heterocycles. The van der Waals surface area contributed by atoms with Crippen molar-refractivity contribution in [3.05, 3.63) is 0 Å². The van der Waals surface area contributed by atoms with Crippen LogP contribution in [-0.2, 0) is 19.1 Å². The van der Waals surface area contributed by atoms with Crippen molar-refractivity contribution in [1.82, 2.24) is 0 Å². The van der Waals surface area contributed by atoms with Gasteiger partial charge in [-0.1, -0.05) is 0 Å². The van der Waals surface area contributed by atoms with Gasteiger partial charge in [-0.3, -0.25) is 9.59 Å². The van der Waals surface area contributed by atoms with Gasteiger partial charge in [0.15, 0.2) is 5.41 Å². The van der Waals surface area contributed by atoms with Crippen LogP contribution in [0.25, 0.3) is 0 Å². The van der Waals surface area contributed by atoms with E-state index in [1.54, 1.807) is 6.92 Å². The summed E-state index contributed by atoms with van der Waals surface area (Å²) >= 11 is 0. The summed E-state index contributed by atoms with van der Waals surface area (Å²) in [5.74, 6) is -2.01. The first-order chi connectivity index (χ1) is 7.49. The highest BCUT2D eigenvalue weighted by atomic mass is 16.5. The van der Waals surface area contributed by atoms with E-state index in [4.69, 9.17) is 19.7 Å². The number of carbonyl (C=O) groups is 2. The predicted molar refractivity (Wildman–Crippen MR) is 54.9 cm³/mol. The molecule has 1 atom stereocenters. The molecule has 0 radical (unpaired) electrons. The second-order valence-corrected chi connectivity index (χ2v) is 3.44. The summed E-state index contributed by atoms with van der Waals surface area (Å²) in [5, 5.41) is 17.4. The predicted octanol–water partition coefficient (Wildman–Crippen LogP) is 0.0394. The molecule has 0 aromatic rings. The molecule has 1 unspecified atom stereocenters. The highest BCUT2D eigenvalue weighted by Gasteiger charge is 2.42. The van der Waals surface area contributed by atoms with E-state index in [-0.39, 0.29) is 32.8 Å². The summed E-state index contributed by atoms with van der Waals surface area (Å²) in [7, 11) is 0. The van der Waals surface area contributed by atoms with Crippen LogP contribution in [-0.4, -0.2) is 48.6 Å². The average Bonchev–Trinajstić information content (AvgIpc) is 2.24. The quantitative estimate of drug-likeness (QED) is 0.350. The van der Waals surface area contributed by atoms with Gasteiger partial charge in [0.25, 0.3) is 0 Å². The Balaban J connectivity index is 4.34. The van der Waals surface area contributed by atoms with Crippen LogP contribution >= 0.6 is 0 Å². The summed E-state index contributed by atoms with van der Waals surface area (Å²) in [6.07, 6.45) is 0.0150. The Hall–Kier alpha value is -1.14. The van der Waals surface area contributed by atoms with Crippen LogP contribution in [0.5, 0.6) is 0 Å². The summed E-state index contributed by atoms with van der Waals surface area (Å²) in [6.45, 7) is 3.13. The standard InChI is InChI=1S/C10H18O6/c1-3-16-9(14)10(2,8(12)13)4-6-15-7-5-11/h11H,3-7H2,1-2H3,(H,12,13). The van der Waals surface area contributed by atoms with Gasteiger partial charge in [-0.25, -0.2) is 0 Å². The van der Waals surface area contributed by atoms with E-state index < -0.39 is 17.4 Å². The fraction of sp³-hybridized carbons (Fsp3) is 0.800. The first kappa shape index (κ1) is 14.9. The van der Waals surface area contributed by atoms with Crippen molar-refractivity contribution in [1.29, 1.82) is 0 Å². The van der Waals surface area contributed by atoms with Gasteiger partial charge < -0.3 is 19.7 Å². The second kappa shape index (κ2) is 7.19. The van der Waals surface area contributed by atoms with Crippen molar-refractivity contribution in [3.8, 4) is 0 Å². The maximum atomic E-state index is 11.5. The van der Waals surface area contributed by atoms with Crippen LogP contribution < -0.4 is 0 Å². The minimum Gasteiger partial charge on any atom is -0.480 e. The topological polar surface area (TPSA) is 93.1 Å². The minimum absolute atomic E-state index is 0.0150. The lowest BCUT2D eigenvalue weighted by molar-refractivity contribution is -0.168. The number of carbonyl (C=O) groups excluding carboxylic acids is 1. The number of hydrogen-bond donors (Lipinski definition) is 2. The number of carboxylic acid groups (broad SMARTS) is 1. The van der Waals surface area contributed by atoms with Crippen LogP contribution in [0, 0.1) is 5.41 Å². The first-order valence-electron chi connectivity index (χ1n) is 5.08. The summed E-state index contributed by atoms with van der Waals surface area (Å²) in [5.41, 5.74) is -1.59. The van der Waals surface area contributed by atoms with E-state index in [2.05, 4.69) is 0 Å². The van der Waals surface area contributed by atoms with E-state index in [9.17, 15) is 9.59 Å². The first-order valence-corrected chi connectivity index (χ1v) is 5.08. The molecule has 0 aliphatic carbocycles. The molecule has 0 rings (SSSR count). The Kier molecular flexibility index (Phi) is 6.67. The third-order valence-corrected chi connectivity index (χ3v) is 2.18. The molecule has 2 N–H and O–H groups in total. The molecule has 94 valence electrons. The van der Waals surface area contributed by atoms with Gasteiger partial charge in [0.05, 0.1) is 19.8 Å². The lowest BCUT2D eigenvalue weighted by Crippen LogP contribution is -2.39. The Morgan fingerprint density at radius 3 is 2.38 bits per heavy atom. The van der Waals surface area contributed by atoms with Crippen molar-refractivity contribution < 1.29 is 29.3 Å². The molecule has 6 nitrogen and oxygen atoms in total. The number of hydrogen-bond acceptors (Lipinski definition) is 5. The molecule has 6 heteroatoms. The van der Waals surface area contributed by atoms with Gasteiger partial charge in [-0.05, 0) is 20.3 Å². The average molecular weight is 234 g/mol. The van der Waals surface area contributed by atoms with Crippen LogP contribution in [0.2, 0.25) is 0 Å². The van der Waals surface area contributed by atoms with Crippen molar-refractivity contribution in [3.63, 3.8) is 0 Å². The summed E-state index contributed by atoms with van der Waals surface area (Å²) in [4.78, 5) is 22.5. The number of rotatable bonds is 8. The van der Waals surface area contributed by atoms with Gasteiger partial charge in [-0.15, -0.1) is 0 Å². The fourth-order valence-electron chi connectivity index (χ4n) is 1.03. The lowest BCUT2D eigenvalue weighted by atomic mass is 9.87. The van der Waals surface area contributed by atoms with Crippen LogP contribution in [0.15, 0.2) is 0 Å². The zero-order valence-corrected chi connectivity index (χ0v) is 9.56. The van der Waals surface area contributed by atoms with Gasteiger partial charge in [0.1, 0.15) is 0 Å². The largest absolute Gasteiger partial charge is 0.480 e. The van der Waals surface area contributed by atoms with Crippen molar-refractivity contribution >= 4 is 11.9 Å². The van der Waals surface area contributed by atoms with Crippen molar-refractivity contribution in [2.75, 3.05) is 26.4 Å². The SMILES string of the molecule is CCOC(=O)C(C)(CCOCCO)C(=O)O. The molecule has 0 aliphatic rings. The smallest absolute Gasteiger partial charge is 0.323 e. The maximum absolute atomic E-state index is 11.5. The van der Waals surface area contributed by atoms with Gasteiger partial charge in [-0.2, -0.15) is 0 Å². The van der Waals surface area contributed by atoms with Crippen LogP contribution in [0.3, 0.4) is 0 Å². The van der Waals surface area contributed by atoms with E-state index in [0.29, 0.717) is 0 Å². The van der Waals surface area contributed by atoms with Crippen molar-refractivity contribution in [2.24, 2.45) is 5.41 Å². The normalized spacial score (nSPS) is 14.2. The fourth-order valence-corrected chi connectivity index (χ4v) is 1.03.